The van der Waals surface area contributed by atoms with Gasteiger partial charge in [0.15, 0.2) is 0 Å². The summed E-state index contributed by atoms with van der Waals surface area (Å²) in [6.45, 7) is 13.0. The van der Waals surface area contributed by atoms with Crippen LogP contribution >= 0.6 is 0 Å². The van der Waals surface area contributed by atoms with Crippen molar-refractivity contribution in [3.05, 3.63) is 47.6 Å². The molecule has 0 unspecified atom stereocenters. The molecule has 7 atom stereocenters. The molecular weight excluding hydrogens is 372 g/mol. The van der Waals surface area contributed by atoms with E-state index in [1.54, 1.807) is 0 Å². The second-order valence-electron chi connectivity index (χ2n) is 10.6. The van der Waals surface area contributed by atoms with Gasteiger partial charge in [0.05, 0.1) is 18.3 Å². The summed E-state index contributed by atoms with van der Waals surface area (Å²) in [6, 6.07) is 0. The first-order valence-electron chi connectivity index (χ1n) is 11.9. The third-order valence-corrected chi connectivity index (χ3v) is 8.23. The van der Waals surface area contributed by atoms with Gasteiger partial charge in [0.25, 0.3) is 0 Å². The van der Waals surface area contributed by atoms with Gasteiger partial charge in [0.2, 0.25) is 0 Å². The molecule has 3 nitrogen and oxygen atoms in total. The van der Waals surface area contributed by atoms with E-state index in [4.69, 9.17) is 0 Å². The summed E-state index contributed by atoms with van der Waals surface area (Å²) >= 11 is 0. The second-order valence-corrected chi connectivity index (χ2v) is 10.6. The van der Waals surface area contributed by atoms with Crippen LogP contribution in [-0.4, -0.2) is 33.6 Å². The minimum absolute atomic E-state index is 0.254. The lowest BCUT2D eigenvalue weighted by molar-refractivity contribution is 0.0862. The highest BCUT2D eigenvalue weighted by Gasteiger charge is 2.50. The van der Waals surface area contributed by atoms with Gasteiger partial charge in [-0.1, -0.05) is 64.2 Å². The van der Waals surface area contributed by atoms with Crippen molar-refractivity contribution < 1.29 is 15.3 Å². The van der Waals surface area contributed by atoms with Crippen molar-refractivity contribution in [1.82, 2.24) is 0 Å². The summed E-state index contributed by atoms with van der Waals surface area (Å²) in [6.07, 6.45) is 14.3. The highest BCUT2D eigenvalue weighted by molar-refractivity contribution is 5.38. The van der Waals surface area contributed by atoms with Crippen LogP contribution in [0.4, 0.5) is 0 Å². The van der Waals surface area contributed by atoms with E-state index < -0.39 is 12.2 Å². The SMILES string of the molecule is C=C1/C(=C/C=C2\CCC[C@]3(C)[C@@H]([C@H](C)/C=C/[C@H](O)C(C)C)CC[C@@H]23)C[C@@H](O)C[C@@H]1O. The highest BCUT2D eigenvalue weighted by atomic mass is 16.3. The van der Waals surface area contributed by atoms with E-state index in [1.165, 1.54) is 31.3 Å². The molecule has 0 heterocycles. The van der Waals surface area contributed by atoms with Crippen molar-refractivity contribution in [3.8, 4) is 0 Å². The second kappa shape index (κ2) is 9.54. The molecule has 3 rings (SSSR count). The Morgan fingerprint density at radius 1 is 1.10 bits per heavy atom. The van der Waals surface area contributed by atoms with Crippen LogP contribution < -0.4 is 0 Å². The molecule has 3 heteroatoms. The molecule has 168 valence electrons. The Morgan fingerprint density at radius 2 is 1.83 bits per heavy atom. The quantitative estimate of drug-likeness (QED) is 0.532. The molecular formula is C27H42O3. The fourth-order valence-electron chi connectivity index (χ4n) is 6.25. The molecule has 0 aromatic carbocycles. The Hall–Kier alpha value is -1.16. The van der Waals surface area contributed by atoms with E-state index in [-0.39, 0.29) is 12.0 Å². The van der Waals surface area contributed by atoms with Crippen LogP contribution in [0, 0.1) is 29.1 Å². The average Bonchev–Trinajstić information content (AvgIpc) is 3.04. The summed E-state index contributed by atoms with van der Waals surface area (Å²) in [5, 5.41) is 30.3. The van der Waals surface area contributed by atoms with E-state index in [1.807, 2.05) is 6.08 Å². The maximum absolute atomic E-state index is 10.2. The third kappa shape index (κ3) is 4.84. The largest absolute Gasteiger partial charge is 0.393 e. The van der Waals surface area contributed by atoms with Gasteiger partial charge in [0.1, 0.15) is 0 Å². The number of hydrogen-bond acceptors (Lipinski definition) is 3. The van der Waals surface area contributed by atoms with Crippen LogP contribution in [0.25, 0.3) is 0 Å². The Bertz CT molecular complexity index is 716. The number of hydrogen-bond donors (Lipinski definition) is 3. The fourth-order valence-corrected chi connectivity index (χ4v) is 6.25. The highest BCUT2D eigenvalue weighted by Crippen LogP contribution is 2.59. The van der Waals surface area contributed by atoms with Crippen LogP contribution in [0.5, 0.6) is 0 Å². The maximum atomic E-state index is 10.2. The predicted molar refractivity (Wildman–Crippen MR) is 124 cm³/mol. The molecule has 0 aromatic heterocycles. The number of rotatable bonds is 5. The molecule has 30 heavy (non-hydrogen) atoms. The van der Waals surface area contributed by atoms with E-state index >= 15 is 0 Å². The van der Waals surface area contributed by atoms with Gasteiger partial charge in [-0.05, 0) is 78.8 Å². The zero-order chi connectivity index (χ0) is 22.1. The van der Waals surface area contributed by atoms with Gasteiger partial charge >= 0.3 is 0 Å². The zero-order valence-electron chi connectivity index (χ0n) is 19.3. The minimum Gasteiger partial charge on any atom is -0.393 e. The third-order valence-electron chi connectivity index (χ3n) is 8.23. The maximum Gasteiger partial charge on any atom is 0.0811 e. The zero-order valence-corrected chi connectivity index (χ0v) is 19.3. The molecule has 0 aliphatic heterocycles. The van der Waals surface area contributed by atoms with Crippen molar-refractivity contribution in [3.63, 3.8) is 0 Å². The van der Waals surface area contributed by atoms with Crippen LogP contribution in [0.15, 0.2) is 47.6 Å². The molecule has 3 saturated carbocycles. The molecule has 3 aliphatic rings. The number of aliphatic hydroxyl groups excluding tert-OH is 3. The summed E-state index contributed by atoms with van der Waals surface area (Å²) in [4.78, 5) is 0. The lowest BCUT2D eigenvalue weighted by atomic mass is 9.61. The molecule has 3 N–H and O–H groups in total. The van der Waals surface area contributed by atoms with Crippen LogP contribution in [0.1, 0.15) is 72.6 Å². The first kappa shape index (κ1) is 23.5. The molecule has 0 aromatic rings. The molecule has 0 saturated heterocycles. The number of aliphatic hydroxyl groups is 3. The van der Waals surface area contributed by atoms with E-state index in [0.717, 1.165) is 17.6 Å². The van der Waals surface area contributed by atoms with Crippen LogP contribution in [0.3, 0.4) is 0 Å². The lowest BCUT2D eigenvalue weighted by Gasteiger charge is -2.44. The molecule has 0 radical (unpaired) electrons. The van der Waals surface area contributed by atoms with Gasteiger partial charge in [-0.25, -0.2) is 0 Å². The fraction of sp³-hybridized carbons (Fsp3) is 0.704. The van der Waals surface area contributed by atoms with Crippen molar-refractivity contribution >= 4 is 0 Å². The van der Waals surface area contributed by atoms with Gasteiger partial charge in [-0.3, -0.25) is 0 Å². The lowest BCUT2D eigenvalue weighted by Crippen LogP contribution is -2.35. The summed E-state index contributed by atoms with van der Waals surface area (Å²) in [5.41, 5.74) is 3.59. The van der Waals surface area contributed by atoms with Crippen molar-refractivity contribution in [2.75, 3.05) is 0 Å². The average molecular weight is 415 g/mol. The first-order valence-corrected chi connectivity index (χ1v) is 11.9. The summed E-state index contributed by atoms with van der Waals surface area (Å²) in [5.74, 6) is 1.96. The molecule has 3 aliphatic carbocycles. The van der Waals surface area contributed by atoms with E-state index in [0.29, 0.717) is 36.0 Å². The van der Waals surface area contributed by atoms with Gasteiger partial charge in [0, 0.05) is 6.42 Å². The molecule has 3 fully saturated rings. The Balaban J connectivity index is 1.76. The van der Waals surface area contributed by atoms with Crippen LogP contribution in [-0.2, 0) is 0 Å². The van der Waals surface area contributed by atoms with E-state index in [2.05, 4.69) is 52.5 Å². The normalized spacial score (nSPS) is 39.8. The minimum atomic E-state index is -0.625. The molecule has 0 spiro atoms. The summed E-state index contributed by atoms with van der Waals surface area (Å²) < 4.78 is 0. The number of allylic oxidation sites excluding steroid dienone is 4. The van der Waals surface area contributed by atoms with Gasteiger partial charge in [-0.15, -0.1) is 0 Å². The van der Waals surface area contributed by atoms with Crippen molar-refractivity contribution in [2.45, 2.75) is 91.0 Å². The Labute approximate surface area is 183 Å². The Morgan fingerprint density at radius 3 is 2.53 bits per heavy atom. The van der Waals surface area contributed by atoms with Gasteiger partial charge < -0.3 is 15.3 Å². The van der Waals surface area contributed by atoms with Crippen molar-refractivity contribution in [2.24, 2.45) is 29.1 Å². The van der Waals surface area contributed by atoms with Crippen LogP contribution in [0.2, 0.25) is 0 Å². The molecule has 0 bridgehead atoms. The Kier molecular flexibility index (Phi) is 7.48. The summed E-state index contributed by atoms with van der Waals surface area (Å²) in [7, 11) is 0. The predicted octanol–water partition coefficient (Wildman–Crippen LogP) is 5.34. The van der Waals surface area contributed by atoms with Gasteiger partial charge in [-0.2, -0.15) is 0 Å². The molecule has 0 amide bonds. The smallest absolute Gasteiger partial charge is 0.0811 e. The monoisotopic (exact) mass is 414 g/mol. The van der Waals surface area contributed by atoms with Crippen molar-refractivity contribution in [1.29, 1.82) is 0 Å². The standard InChI is InChI=1S/C27H42O3/c1-17(2)25(29)13-8-18(3)23-11-12-24-20(7-6-14-27(23,24)5)9-10-21-15-22(28)16-26(30)19(21)4/h8-10,13,17-18,22-26,28-30H,4,6-7,11-12,14-16H2,1-3,5H3/b13-8+,20-9+,21-10+/t18-,22-,23-,24+,25+,26+,27-/m1/s1. The first-order chi connectivity index (χ1) is 14.1. The number of fused-ring (bicyclic) bond motifs is 1. The van der Waals surface area contributed by atoms with E-state index in [9.17, 15) is 15.3 Å². The topological polar surface area (TPSA) is 60.7 Å².